The number of nitrogens with zero attached hydrogens (tertiary/aromatic N) is 2. The molecular weight excluding hydrogens is 925 g/mol. The van der Waals surface area contributed by atoms with Gasteiger partial charge in [0, 0.05) is 28.9 Å². The molecule has 0 fully saturated rings. The van der Waals surface area contributed by atoms with E-state index in [1.165, 1.54) is 6.07 Å². The molecule has 0 aromatic heterocycles. The summed E-state index contributed by atoms with van der Waals surface area (Å²) in [6.07, 6.45) is 0. The minimum Gasteiger partial charge on any atom is -0.461 e. The van der Waals surface area contributed by atoms with Crippen LogP contribution in [0.5, 0.6) is 11.5 Å². The van der Waals surface area contributed by atoms with Crippen LogP contribution >= 0.6 is 67.8 Å². The number of ether oxygens (including phenoxy) is 3. The number of hydrogen-bond donors (Lipinski definition) is 1. The fraction of sp³-hybridized carbons (Fsp3) is 0.0870. The van der Waals surface area contributed by atoms with Crippen molar-refractivity contribution in [3.8, 4) is 11.5 Å². The van der Waals surface area contributed by atoms with E-state index in [4.69, 9.17) is 14.0 Å². The first-order valence-corrected chi connectivity index (χ1v) is 15.7. The second-order valence-corrected chi connectivity index (χ2v) is 12.9. The number of carbonyl (C=O) groups excluding carboxylic acids is 3. The third kappa shape index (κ3) is 8.74. The zero-order valence-electron chi connectivity index (χ0n) is 20.3. The van der Waals surface area contributed by atoms with Gasteiger partial charge in [0.05, 0.1) is 26.5 Å². The van der Waals surface area contributed by atoms with Crippen LogP contribution in [0, 0.1) is 30.9 Å². The van der Waals surface area contributed by atoms with E-state index in [0.717, 1.165) is 33.9 Å². The summed E-state index contributed by atoms with van der Waals surface area (Å²) in [5.74, 6) is -5.39. The van der Waals surface area contributed by atoms with Crippen molar-refractivity contribution in [2.75, 3.05) is 12.4 Å². The Labute approximate surface area is 276 Å². The maximum atomic E-state index is 12.9. The van der Waals surface area contributed by atoms with Crippen LogP contribution in [0.15, 0.2) is 48.5 Å². The fourth-order valence-electron chi connectivity index (χ4n) is 3.09. The van der Waals surface area contributed by atoms with E-state index < -0.39 is 73.1 Å². The van der Waals surface area contributed by atoms with Gasteiger partial charge < -0.3 is 14.2 Å². The summed E-state index contributed by atoms with van der Waals surface area (Å²) >= 11 is 5.91. The van der Waals surface area contributed by atoms with E-state index in [0.29, 0.717) is 13.2 Å². The third-order valence-electron chi connectivity index (χ3n) is 4.98. The predicted molar refractivity (Wildman–Crippen MR) is 167 cm³/mol. The fourth-order valence-corrected chi connectivity index (χ4v) is 5.76. The molecule has 0 amide bonds. The van der Waals surface area contributed by atoms with Gasteiger partial charge in [0.25, 0.3) is 10.1 Å². The highest BCUT2D eigenvalue weighted by molar-refractivity contribution is 14.1. The summed E-state index contributed by atoms with van der Waals surface area (Å²) in [6, 6.07) is 8.69. The number of nitro groups is 2. The van der Waals surface area contributed by atoms with Gasteiger partial charge in [-0.15, -0.1) is 0 Å². The first kappa shape index (κ1) is 33.5. The van der Waals surface area contributed by atoms with E-state index >= 15 is 0 Å². The molecule has 0 heterocycles. The second-order valence-electron chi connectivity index (χ2n) is 7.83. The van der Waals surface area contributed by atoms with Gasteiger partial charge in [0.2, 0.25) is 11.5 Å². The molecule has 3 aromatic carbocycles. The Hall–Kier alpha value is -3.03. The molecule has 19 heteroatoms. The Balaban J connectivity index is 1.88. The Morgan fingerprint density at radius 3 is 2.00 bits per heavy atom. The topological polar surface area (TPSA) is 220 Å². The zero-order valence-corrected chi connectivity index (χ0v) is 27.6. The van der Waals surface area contributed by atoms with Crippen LogP contribution in [0.1, 0.15) is 31.1 Å². The number of nitro benzene ring substituents is 2. The number of hydrogen-bond acceptors (Lipinski definition) is 12. The maximum absolute atomic E-state index is 12.9. The van der Waals surface area contributed by atoms with E-state index in [1.807, 2.05) is 67.8 Å². The van der Waals surface area contributed by atoms with Crippen LogP contribution in [0.4, 0.5) is 11.4 Å². The number of carbonyl (C=O) groups is 3. The molecule has 0 saturated heterocycles. The lowest BCUT2D eigenvalue weighted by Crippen LogP contribution is -2.15. The number of halogens is 3. The summed E-state index contributed by atoms with van der Waals surface area (Å²) in [4.78, 5) is 59.2. The molecule has 3 aromatic rings. The maximum Gasteiger partial charge on any atom is 0.344 e. The van der Waals surface area contributed by atoms with Crippen LogP contribution in [-0.2, 0) is 14.9 Å². The van der Waals surface area contributed by atoms with Crippen molar-refractivity contribution in [2.24, 2.45) is 0 Å². The summed E-state index contributed by atoms with van der Waals surface area (Å²) in [7, 11) is -4.42. The zero-order chi connectivity index (χ0) is 31.4. The second kappa shape index (κ2) is 14.0. The predicted octanol–water partition coefficient (Wildman–Crippen LogP) is 4.80. The minimum atomic E-state index is -4.42. The summed E-state index contributed by atoms with van der Waals surface area (Å²) in [5.41, 5.74) is -2.11. The molecule has 0 spiro atoms. The monoisotopic (exact) mass is 938 g/mol. The lowest BCUT2D eigenvalue weighted by molar-refractivity contribution is -0.385. The molecule has 0 atom stereocenters. The van der Waals surface area contributed by atoms with Crippen molar-refractivity contribution in [3.05, 3.63) is 96.2 Å². The van der Waals surface area contributed by atoms with Crippen LogP contribution in [0.2, 0.25) is 0 Å². The molecule has 0 bridgehead atoms. The van der Waals surface area contributed by atoms with E-state index in [1.54, 1.807) is 6.07 Å². The highest BCUT2D eigenvalue weighted by Crippen LogP contribution is 2.33. The van der Waals surface area contributed by atoms with Gasteiger partial charge in [0.1, 0.15) is 12.4 Å². The quantitative estimate of drug-likeness (QED) is 0.0550. The Morgan fingerprint density at radius 1 is 0.786 bits per heavy atom. The molecule has 1 N–H and O–H groups in total. The summed E-state index contributed by atoms with van der Waals surface area (Å²) in [6.45, 7) is -0.725. The molecular formula is C23H13I3N2O13S. The SMILES string of the molecule is O=C(OCCS(=O)(=O)O)c1ccc(OC(=O)c2ccc([N+](=O)[O-])c(OC(=O)c3cc(I)cc(I)c3I)c2)c([N+](=O)[O-])c1. The van der Waals surface area contributed by atoms with Gasteiger partial charge >= 0.3 is 29.3 Å². The van der Waals surface area contributed by atoms with Crippen molar-refractivity contribution >= 4 is 107 Å². The average Bonchev–Trinajstić information content (AvgIpc) is 2.89. The standard InChI is InChI=1S/C23H13I3N2O13S/c24-13-9-14(20(26)15(25)10-13)23(31)41-19-8-12(1-3-16(19)27(32)33)22(30)40-18-4-2-11(7-17(18)28(34)35)21(29)39-5-6-42(36,37)38/h1-4,7-10H,5-6H2,(H,36,37,38). The smallest absolute Gasteiger partial charge is 0.344 e. The largest absolute Gasteiger partial charge is 0.461 e. The van der Waals surface area contributed by atoms with E-state index in [9.17, 15) is 43.0 Å². The molecule has 0 saturated carbocycles. The van der Waals surface area contributed by atoms with Crippen molar-refractivity contribution in [1.82, 2.24) is 0 Å². The molecule has 220 valence electrons. The normalized spacial score (nSPS) is 11.0. The van der Waals surface area contributed by atoms with Crippen LogP contribution < -0.4 is 9.47 Å². The van der Waals surface area contributed by atoms with E-state index in [-0.39, 0.29) is 16.7 Å². The molecule has 0 unspecified atom stereocenters. The van der Waals surface area contributed by atoms with Crippen molar-refractivity contribution in [1.29, 1.82) is 0 Å². The molecule has 42 heavy (non-hydrogen) atoms. The molecule has 0 aliphatic rings. The Kier molecular flexibility index (Phi) is 11.1. The van der Waals surface area contributed by atoms with Gasteiger partial charge in [-0.3, -0.25) is 24.8 Å². The van der Waals surface area contributed by atoms with Crippen LogP contribution in [-0.4, -0.2) is 53.1 Å². The van der Waals surface area contributed by atoms with Gasteiger partial charge in [-0.25, -0.2) is 14.4 Å². The highest BCUT2D eigenvalue weighted by Gasteiger charge is 2.26. The van der Waals surface area contributed by atoms with Gasteiger partial charge in [0.15, 0.2) is 0 Å². The molecule has 0 radical (unpaired) electrons. The summed E-state index contributed by atoms with van der Waals surface area (Å²) < 4.78 is 47.2. The van der Waals surface area contributed by atoms with Crippen LogP contribution in [0.25, 0.3) is 0 Å². The molecule has 15 nitrogen and oxygen atoms in total. The van der Waals surface area contributed by atoms with Crippen molar-refractivity contribution in [2.45, 2.75) is 0 Å². The van der Waals surface area contributed by atoms with E-state index in [2.05, 4.69) is 4.74 Å². The van der Waals surface area contributed by atoms with Crippen molar-refractivity contribution in [3.63, 3.8) is 0 Å². The minimum absolute atomic E-state index is 0.126. The highest BCUT2D eigenvalue weighted by atomic mass is 127. The van der Waals surface area contributed by atoms with Gasteiger partial charge in [-0.1, -0.05) is 0 Å². The first-order valence-electron chi connectivity index (χ1n) is 10.9. The molecule has 3 rings (SSSR count). The van der Waals surface area contributed by atoms with Crippen LogP contribution in [0.3, 0.4) is 0 Å². The Morgan fingerprint density at radius 2 is 1.38 bits per heavy atom. The molecule has 0 aliphatic carbocycles. The van der Waals surface area contributed by atoms with Gasteiger partial charge in [-0.2, -0.15) is 8.42 Å². The third-order valence-corrected chi connectivity index (χ3v) is 9.33. The number of rotatable bonds is 10. The summed E-state index contributed by atoms with van der Waals surface area (Å²) in [5, 5.41) is 23.1. The number of esters is 3. The average molecular weight is 938 g/mol. The number of benzene rings is 3. The first-order chi connectivity index (χ1) is 19.6. The lowest BCUT2D eigenvalue weighted by Gasteiger charge is -2.10. The van der Waals surface area contributed by atoms with Gasteiger partial charge in [-0.05, 0) is 98.1 Å². The Bertz CT molecular complexity index is 1750. The van der Waals surface area contributed by atoms with Crippen molar-refractivity contribution < 1.29 is 51.4 Å². The molecule has 0 aliphatic heterocycles. The lowest BCUT2D eigenvalue weighted by atomic mass is 10.1.